The summed E-state index contributed by atoms with van der Waals surface area (Å²) >= 11 is 5.08. The van der Waals surface area contributed by atoms with Gasteiger partial charge >= 0.3 is 0 Å². The highest BCUT2D eigenvalue weighted by Crippen LogP contribution is 2.22. The van der Waals surface area contributed by atoms with Crippen molar-refractivity contribution in [1.29, 1.82) is 0 Å². The molecule has 0 fully saturated rings. The molecule has 0 aliphatic heterocycles. The van der Waals surface area contributed by atoms with Crippen LogP contribution in [0.25, 0.3) is 0 Å². The monoisotopic (exact) mass is 275 g/mol. The highest BCUT2D eigenvalue weighted by molar-refractivity contribution is 9.10. The Morgan fingerprint density at radius 3 is 2.86 bits per heavy atom. The lowest BCUT2D eigenvalue weighted by Gasteiger charge is -2.05. The molecule has 1 aromatic rings. The van der Waals surface area contributed by atoms with Gasteiger partial charge < -0.3 is 5.32 Å². The first-order valence-corrected chi connectivity index (χ1v) is 6.25. The largest absolute Gasteiger partial charge is 0.351 e. The second-order valence-corrected chi connectivity index (χ2v) is 5.42. The third-order valence-electron chi connectivity index (χ3n) is 1.73. The summed E-state index contributed by atoms with van der Waals surface area (Å²) < 4.78 is 1.08. The van der Waals surface area contributed by atoms with Crippen molar-refractivity contribution in [2.24, 2.45) is 5.92 Å². The topological polar surface area (TPSA) is 29.1 Å². The van der Waals surface area contributed by atoms with Crippen molar-refractivity contribution >= 4 is 33.2 Å². The molecule has 1 rings (SSSR count). The molecule has 0 bridgehead atoms. The van der Waals surface area contributed by atoms with E-state index in [0.717, 1.165) is 4.47 Å². The van der Waals surface area contributed by atoms with Gasteiger partial charge in [-0.2, -0.15) is 0 Å². The summed E-state index contributed by atoms with van der Waals surface area (Å²) in [5.74, 6) is 0.544. The fraction of sp³-hybridized carbons (Fsp3) is 0.500. The summed E-state index contributed by atoms with van der Waals surface area (Å²) in [6, 6.07) is 1.99. The smallest absolute Gasteiger partial charge is 0.220 e. The SMILES string of the molecule is CC(C)CC(=O)NCc1sccc1Br. The Hall–Kier alpha value is -0.350. The van der Waals surface area contributed by atoms with Crippen molar-refractivity contribution in [3.8, 4) is 0 Å². The van der Waals surface area contributed by atoms with E-state index in [1.54, 1.807) is 11.3 Å². The first-order chi connectivity index (χ1) is 6.59. The minimum atomic E-state index is 0.125. The zero-order valence-corrected chi connectivity index (χ0v) is 10.7. The fourth-order valence-electron chi connectivity index (χ4n) is 1.07. The van der Waals surface area contributed by atoms with Gasteiger partial charge in [-0.05, 0) is 33.3 Å². The van der Waals surface area contributed by atoms with Gasteiger partial charge in [0.15, 0.2) is 0 Å². The summed E-state index contributed by atoms with van der Waals surface area (Å²) in [4.78, 5) is 12.5. The van der Waals surface area contributed by atoms with E-state index in [9.17, 15) is 4.79 Å². The Labute approximate surface area is 96.8 Å². The zero-order valence-electron chi connectivity index (χ0n) is 8.34. The number of halogens is 1. The van der Waals surface area contributed by atoms with Gasteiger partial charge in [-0.15, -0.1) is 11.3 Å². The van der Waals surface area contributed by atoms with Gasteiger partial charge in [0.2, 0.25) is 5.91 Å². The Morgan fingerprint density at radius 1 is 1.64 bits per heavy atom. The summed E-state index contributed by atoms with van der Waals surface area (Å²) in [5.41, 5.74) is 0. The average Bonchev–Trinajstić information content (AvgIpc) is 2.46. The normalized spacial score (nSPS) is 10.6. The van der Waals surface area contributed by atoms with Crippen LogP contribution in [0.5, 0.6) is 0 Å². The van der Waals surface area contributed by atoms with Crippen LogP contribution in [0.4, 0.5) is 0 Å². The van der Waals surface area contributed by atoms with Crippen LogP contribution in [0, 0.1) is 5.92 Å². The van der Waals surface area contributed by atoms with Gasteiger partial charge in [0.1, 0.15) is 0 Å². The number of nitrogens with one attached hydrogen (secondary N) is 1. The predicted octanol–water partition coefficient (Wildman–Crippen LogP) is 3.17. The van der Waals surface area contributed by atoms with E-state index < -0.39 is 0 Å². The second kappa shape index (κ2) is 5.51. The number of amides is 1. The molecule has 0 aliphatic carbocycles. The maximum atomic E-state index is 11.3. The molecule has 14 heavy (non-hydrogen) atoms. The third kappa shape index (κ3) is 3.80. The van der Waals surface area contributed by atoms with E-state index >= 15 is 0 Å². The molecule has 0 atom stereocenters. The average molecular weight is 276 g/mol. The van der Waals surface area contributed by atoms with Crippen LogP contribution >= 0.6 is 27.3 Å². The minimum Gasteiger partial charge on any atom is -0.351 e. The van der Waals surface area contributed by atoms with Crippen LogP contribution in [0.3, 0.4) is 0 Å². The summed E-state index contributed by atoms with van der Waals surface area (Å²) in [5, 5.41) is 4.91. The third-order valence-corrected chi connectivity index (χ3v) is 3.66. The molecule has 1 aromatic heterocycles. The maximum absolute atomic E-state index is 11.3. The number of thiophene rings is 1. The van der Waals surface area contributed by atoms with Gasteiger partial charge in [-0.25, -0.2) is 0 Å². The van der Waals surface area contributed by atoms with Crippen LogP contribution in [0.2, 0.25) is 0 Å². The van der Waals surface area contributed by atoms with E-state index in [-0.39, 0.29) is 5.91 Å². The quantitative estimate of drug-likeness (QED) is 0.899. The fourth-order valence-corrected chi connectivity index (χ4v) is 2.51. The van der Waals surface area contributed by atoms with Gasteiger partial charge in [-0.1, -0.05) is 13.8 Å². The van der Waals surface area contributed by atoms with Crippen molar-refractivity contribution in [1.82, 2.24) is 5.32 Å². The number of hydrogen-bond acceptors (Lipinski definition) is 2. The molecule has 0 aromatic carbocycles. The van der Waals surface area contributed by atoms with Crippen molar-refractivity contribution in [2.45, 2.75) is 26.8 Å². The second-order valence-electron chi connectivity index (χ2n) is 3.57. The first kappa shape index (κ1) is 11.7. The maximum Gasteiger partial charge on any atom is 0.220 e. The molecule has 2 nitrogen and oxygen atoms in total. The molecule has 1 N–H and O–H groups in total. The van der Waals surface area contributed by atoms with Crippen molar-refractivity contribution in [3.63, 3.8) is 0 Å². The molecule has 0 radical (unpaired) electrons. The Kier molecular flexibility index (Phi) is 4.62. The molecule has 0 saturated heterocycles. The summed E-state index contributed by atoms with van der Waals surface area (Å²) in [6.45, 7) is 4.71. The van der Waals surface area contributed by atoms with Crippen LogP contribution in [-0.4, -0.2) is 5.91 Å². The van der Waals surface area contributed by atoms with E-state index in [2.05, 4.69) is 21.2 Å². The van der Waals surface area contributed by atoms with E-state index in [1.807, 2.05) is 25.3 Å². The van der Waals surface area contributed by atoms with Gasteiger partial charge in [0, 0.05) is 15.8 Å². The first-order valence-electron chi connectivity index (χ1n) is 4.58. The molecule has 0 spiro atoms. The highest BCUT2D eigenvalue weighted by Gasteiger charge is 2.06. The zero-order chi connectivity index (χ0) is 10.6. The van der Waals surface area contributed by atoms with Crippen LogP contribution in [0.15, 0.2) is 15.9 Å². The number of carbonyl (C=O) groups excluding carboxylic acids is 1. The van der Waals surface area contributed by atoms with Crippen molar-refractivity contribution < 1.29 is 4.79 Å². The van der Waals surface area contributed by atoms with Crippen LogP contribution in [-0.2, 0) is 11.3 Å². The van der Waals surface area contributed by atoms with Gasteiger partial charge in [0.25, 0.3) is 0 Å². The van der Waals surface area contributed by atoms with Crippen LogP contribution < -0.4 is 5.32 Å². The standard InChI is InChI=1S/C10H14BrNOS/c1-7(2)5-10(13)12-6-9-8(11)3-4-14-9/h3-4,7H,5-6H2,1-2H3,(H,12,13). The van der Waals surface area contributed by atoms with Gasteiger partial charge in [-0.3, -0.25) is 4.79 Å². The lowest BCUT2D eigenvalue weighted by Crippen LogP contribution is -2.23. The summed E-state index contributed by atoms with van der Waals surface area (Å²) in [6.07, 6.45) is 0.600. The molecule has 1 heterocycles. The van der Waals surface area contributed by atoms with Gasteiger partial charge in [0.05, 0.1) is 6.54 Å². The van der Waals surface area contributed by atoms with E-state index in [0.29, 0.717) is 18.9 Å². The Bertz CT molecular complexity index is 309. The molecule has 0 aliphatic rings. The Balaban J connectivity index is 2.34. The molecule has 0 unspecified atom stereocenters. The Morgan fingerprint density at radius 2 is 2.36 bits per heavy atom. The van der Waals surface area contributed by atoms with E-state index in [1.165, 1.54) is 4.88 Å². The van der Waals surface area contributed by atoms with Crippen LogP contribution in [0.1, 0.15) is 25.1 Å². The lowest BCUT2D eigenvalue weighted by atomic mass is 10.1. The molecule has 78 valence electrons. The molecule has 1 amide bonds. The molecular weight excluding hydrogens is 262 g/mol. The van der Waals surface area contributed by atoms with E-state index in [4.69, 9.17) is 0 Å². The number of rotatable bonds is 4. The minimum absolute atomic E-state index is 0.125. The number of carbonyl (C=O) groups is 1. The van der Waals surface area contributed by atoms with Crippen molar-refractivity contribution in [3.05, 3.63) is 20.8 Å². The highest BCUT2D eigenvalue weighted by atomic mass is 79.9. The lowest BCUT2D eigenvalue weighted by molar-refractivity contribution is -0.121. The molecule has 0 saturated carbocycles. The van der Waals surface area contributed by atoms with Crippen molar-refractivity contribution in [2.75, 3.05) is 0 Å². The molecule has 4 heteroatoms. The number of hydrogen-bond donors (Lipinski definition) is 1. The summed E-state index contributed by atoms with van der Waals surface area (Å²) in [7, 11) is 0. The predicted molar refractivity (Wildman–Crippen MR) is 63.3 cm³/mol. The molecular formula is C10H14BrNOS.